The van der Waals surface area contributed by atoms with Crippen molar-refractivity contribution in [2.75, 3.05) is 39.6 Å². The Morgan fingerprint density at radius 3 is 0.786 bits per heavy atom. The molecule has 5 unspecified atom stereocenters. The summed E-state index contributed by atoms with van der Waals surface area (Å²) in [6, 6.07) is 0. The topological polar surface area (TPSA) is 237 Å². The van der Waals surface area contributed by atoms with Crippen LogP contribution in [0.4, 0.5) is 0 Å². The van der Waals surface area contributed by atoms with Crippen LogP contribution < -0.4 is 0 Å². The molecule has 0 heterocycles. The molecule has 3 N–H and O–H groups in total. The first-order valence-electron chi connectivity index (χ1n) is 39.9. The predicted octanol–water partition coefficient (Wildman–Crippen LogP) is 22.9. The molecular formula is C79H146O17P2. The second-order valence-electron chi connectivity index (χ2n) is 27.0. The van der Waals surface area contributed by atoms with Crippen molar-refractivity contribution in [3.63, 3.8) is 0 Å². The lowest BCUT2D eigenvalue weighted by atomic mass is 10.0. The van der Waals surface area contributed by atoms with Crippen LogP contribution in [-0.4, -0.2) is 96.7 Å². The molecule has 0 spiro atoms. The van der Waals surface area contributed by atoms with Gasteiger partial charge in [0, 0.05) is 25.7 Å². The molecule has 0 aromatic rings. The number of carbonyl (C=O) groups is 4. The number of phosphoric ester groups is 2. The molecule has 0 fully saturated rings. The summed E-state index contributed by atoms with van der Waals surface area (Å²) in [6.45, 7) is 4.88. The van der Waals surface area contributed by atoms with Crippen molar-refractivity contribution in [1.82, 2.24) is 0 Å². The van der Waals surface area contributed by atoms with Crippen LogP contribution in [0.5, 0.6) is 0 Å². The van der Waals surface area contributed by atoms with Crippen molar-refractivity contribution in [2.45, 2.75) is 393 Å². The van der Waals surface area contributed by atoms with E-state index in [2.05, 4.69) is 76.3 Å². The molecule has 0 aromatic heterocycles. The first-order chi connectivity index (χ1) is 47.7. The fraction of sp³-hybridized carbons (Fsp3) is 0.848. The minimum atomic E-state index is -4.97. The van der Waals surface area contributed by atoms with Crippen molar-refractivity contribution in [3.8, 4) is 0 Å². The van der Waals surface area contributed by atoms with E-state index >= 15 is 0 Å². The third kappa shape index (κ3) is 71.4. The fourth-order valence-corrected chi connectivity index (χ4v) is 12.7. The first kappa shape index (κ1) is 95.0. The summed E-state index contributed by atoms with van der Waals surface area (Å²) >= 11 is 0. The third-order valence-electron chi connectivity index (χ3n) is 17.3. The van der Waals surface area contributed by atoms with Gasteiger partial charge in [0.05, 0.1) is 26.4 Å². The average Bonchev–Trinajstić information content (AvgIpc) is 1.04. The molecule has 574 valence electrons. The van der Waals surface area contributed by atoms with E-state index in [9.17, 15) is 43.2 Å². The second-order valence-corrected chi connectivity index (χ2v) is 29.9. The van der Waals surface area contributed by atoms with E-state index in [1.807, 2.05) is 0 Å². The second kappa shape index (κ2) is 72.4. The number of ether oxygens (including phenoxy) is 4. The van der Waals surface area contributed by atoms with Crippen LogP contribution in [0.3, 0.4) is 0 Å². The summed E-state index contributed by atoms with van der Waals surface area (Å²) in [5.41, 5.74) is 0. The van der Waals surface area contributed by atoms with Gasteiger partial charge in [0.25, 0.3) is 0 Å². The van der Waals surface area contributed by atoms with Gasteiger partial charge in [0.15, 0.2) is 12.2 Å². The van der Waals surface area contributed by atoms with Crippen LogP contribution in [0.2, 0.25) is 0 Å². The van der Waals surface area contributed by atoms with Crippen LogP contribution in [0.25, 0.3) is 0 Å². The van der Waals surface area contributed by atoms with Gasteiger partial charge >= 0.3 is 39.5 Å². The van der Waals surface area contributed by atoms with Crippen LogP contribution >= 0.6 is 15.6 Å². The molecule has 0 amide bonds. The van der Waals surface area contributed by atoms with Crippen LogP contribution in [0, 0.1) is 0 Å². The largest absolute Gasteiger partial charge is 0.472 e. The number of aliphatic hydroxyl groups excluding tert-OH is 1. The van der Waals surface area contributed by atoms with Crippen molar-refractivity contribution < 1.29 is 80.2 Å². The van der Waals surface area contributed by atoms with E-state index in [1.165, 1.54) is 148 Å². The zero-order valence-electron chi connectivity index (χ0n) is 62.7. The van der Waals surface area contributed by atoms with Crippen molar-refractivity contribution >= 4 is 39.5 Å². The number of esters is 4. The average molecular weight is 1430 g/mol. The number of unbranched alkanes of at least 4 members (excludes halogenated alkanes) is 42. The van der Waals surface area contributed by atoms with Crippen LogP contribution in [-0.2, 0) is 65.4 Å². The summed E-state index contributed by atoms with van der Waals surface area (Å²) in [4.78, 5) is 72.9. The predicted molar refractivity (Wildman–Crippen MR) is 400 cm³/mol. The van der Waals surface area contributed by atoms with Gasteiger partial charge in [-0.1, -0.05) is 288 Å². The standard InChI is InChI=1S/C79H146O17P2/c1-5-9-13-17-21-25-29-33-36-40-43-47-51-55-59-63-76(81)89-69-74(95-78(83)65-61-57-53-49-45-39-32-28-24-20-16-12-8-4)71-93-97(85,86)91-67-73(80)68-92-98(87,88)94-72-75(96-79(84)66-62-58-54-50-46-42-38-35-31-27-23-19-15-11-7-3)70-90-77(82)64-60-56-52-48-44-41-37-34-30-26-22-18-14-10-6-2/h22,26,33-38,73-75,80H,5-21,23-25,27-32,39-72H2,1-4H3,(H,85,86)(H,87,88). The lowest BCUT2D eigenvalue weighted by molar-refractivity contribution is -0.161. The Bertz CT molecular complexity index is 2050. The third-order valence-corrected chi connectivity index (χ3v) is 19.2. The molecule has 0 aliphatic carbocycles. The fourth-order valence-electron chi connectivity index (χ4n) is 11.1. The molecule has 19 heteroatoms. The maximum Gasteiger partial charge on any atom is 0.472 e. The Morgan fingerprint density at radius 2 is 0.500 bits per heavy atom. The van der Waals surface area contributed by atoms with Gasteiger partial charge in [-0.15, -0.1) is 0 Å². The molecule has 0 rings (SSSR count). The molecule has 0 aliphatic heterocycles. The summed E-state index contributed by atoms with van der Waals surface area (Å²) in [5.74, 6) is -2.17. The van der Waals surface area contributed by atoms with Gasteiger partial charge in [-0.3, -0.25) is 37.3 Å². The summed E-state index contributed by atoms with van der Waals surface area (Å²) in [5, 5.41) is 10.6. The number of phosphoric acid groups is 2. The highest BCUT2D eigenvalue weighted by atomic mass is 31.2. The zero-order chi connectivity index (χ0) is 71.8. The summed E-state index contributed by atoms with van der Waals surface area (Å²) in [7, 11) is -9.94. The molecule has 0 aliphatic rings. The van der Waals surface area contributed by atoms with Crippen molar-refractivity contribution in [2.24, 2.45) is 0 Å². The molecule has 0 saturated heterocycles. The summed E-state index contributed by atoms with van der Waals surface area (Å²) in [6.07, 6.45) is 69.4. The van der Waals surface area contributed by atoms with Gasteiger partial charge < -0.3 is 33.8 Å². The van der Waals surface area contributed by atoms with Crippen LogP contribution in [0.1, 0.15) is 374 Å². The number of allylic oxidation sites excluding steroid dienone is 8. The number of hydrogen-bond acceptors (Lipinski definition) is 15. The van der Waals surface area contributed by atoms with Gasteiger partial charge in [0.1, 0.15) is 19.3 Å². The van der Waals surface area contributed by atoms with E-state index in [0.29, 0.717) is 25.7 Å². The van der Waals surface area contributed by atoms with Gasteiger partial charge in [0.2, 0.25) is 0 Å². The highest BCUT2D eigenvalue weighted by molar-refractivity contribution is 7.47. The Labute approximate surface area is 597 Å². The van der Waals surface area contributed by atoms with Crippen LogP contribution in [0.15, 0.2) is 48.6 Å². The number of aliphatic hydroxyl groups is 1. The van der Waals surface area contributed by atoms with Gasteiger partial charge in [-0.05, 0) is 109 Å². The van der Waals surface area contributed by atoms with E-state index in [0.717, 1.165) is 148 Å². The Hall–Kier alpha value is -2.98. The zero-order valence-corrected chi connectivity index (χ0v) is 64.5. The van der Waals surface area contributed by atoms with Crippen molar-refractivity contribution in [3.05, 3.63) is 48.6 Å². The molecule has 0 radical (unpaired) electrons. The Balaban J connectivity index is 5.33. The SMILES string of the molecule is CCCCCC=CCC=CCCCCCCCC(=O)OCC(COP(=O)(O)OCC(O)COP(=O)(O)OCC(COC(=O)CCCCCCCC=CCCCCCCCC)OC(=O)CCCCCCCCCCCCCCC)OC(=O)CCCCCCCC=CCCCCCCCC. The number of rotatable bonds is 76. The van der Waals surface area contributed by atoms with E-state index in [1.54, 1.807) is 0 Å². The molecule has 0 aromatic carbocycles. The van der Waals surface area contributed by atoms with Gasteiger partial charge in [-0.25, -0.2) is 9.13 Å². The minimum Gasteiger partial charge on any atom is -0.462 e. The summed E-state index contributed by atoms with van der Waals surface area (Å²) < 4.78 is 68.6. The van der Waals surface area contributed by atoms with E-state index < -0.39 is 97.5 Å². The molecule has 0 bridgehead atoms. The number of hydrogen-bond donors (Lipinski definition) is 3. The molecule has 0 saturated carbocycles. The highest BCUT2D eigenvalue weighted by Gasteiger charge is 2.30. The smallest absolute Gasteiger partial charge is 0.462 e. The maximum atomic E-state index is 13.1. The quantitative estimate of drug-likeness (QED) is 0.0169. The monoisotopic (exact) mass is 1430 g/mol. The van der Waals surface area contributed by atoms with Gasteiger partial charge in [-0.2, -0.15) is 0 Å². The Morgan fingerprint density at radius 1 is 0.286 bits per heavy atom. The Kier molecular flexibility index (Phi) is 70.2. The molecular weight excluding hydrogens is 1280 g/mol. The van der Waals surface area contributed by atoms with Crippen molar-refractivity contribution in [1.29, 1.82) is 0 Å². The van der Waals surface area contributed by atoms with E-state index in [-0.39, 0.29) is 25.7 Å². The van der Waals surface area contributed by atoms with E-state index in [4.69, 9.17) is 37.0 Å². The molecule has 17 nitrogen and oxygen atoms in total. The maximum absolute atomic E-state index is 13.1. The lowest BCUT2D eigenvalue weighted by Crippen LogP contribution is -2.30. The molecule has 5 atom stereocenters. The lowest BCUT2D eigenvalue weighted by Gasteiger charge is -2.21. The minimum absolute atomic E-state index is 0.0869. The highest BCUT2D eigenvalue weighted by Crippen LogP contribution is 2.45. The normalized spacial score (nSPS) is 14.2. The number of carbonyl (C=O) groups excluding carboxylic acids is 4. The molecule has 98 heavy (non-hydrogen) atoms. The first-order valence-corrected chi connectivity index (χ1v) is 42.9.